The van der Waals surface area contributed by atoms with Gasteiger partial charge in [0.05, 0.1) is 28.9 Å². The van der Waals surface area contributed by atoms with Crippen molar-refractivity contribution in [3.05, 3.63) is 70.6 Å². The van der Waals surface area contributed by atoms with Crippen molar-refractivity contribution >= 4 is 40.3 Å². The molecule has 1 fully saturated rings. The van der Waals surface area contributed by atoms with Crippen molar-refractivity contribution in [1.82, 2.24) is 19.9 Å². The van der Waals surface area contributed by atoms with Gasteiger partial charge in [0.25, 0.3) is 5.91 Å². The number of hydrogen-bond donors (Lipinski definition) is 4. The van der Waals surface area contributed by atoms with Gasteiger partial charge in [-0.05, 0) is 69.5 Å². The van der Waals surface area contributed by atoms with Crippen LogP contribution in [0.15, 0.2) is 48.7 Å². The molecule has 8 nitrogen and oxygen atoms in total. The number of nitrogens with one attached hydrogen (secondary N) is 3. The van der Waals surface area contributed by atoms with Gasteiger partial charge in [-0.25, -0.2) is 13.9 Å². The van der Waals surface area contributed by atoms with Crippen LogP contribution in [-0.4, -0.2) is 43.8 Å². The molecule has 0 spiro atoms. The Kier molecular flexibility index (Phi) is 6.51. The second-order valence-electron chi connectivity index (χ2n) is 10.0. The van der Waals surface area contributed by atoms with Gasteiger partial charge in [0.1, 0.15) is 5.82 Å². The second kappa shape index (κ2) is 9.64. The number of fused-ring (bicyclic) bond motifs is 1. The summed E-state index contributed by atoms with van der Waals surface area (Å²) in [7, 11) is 0. The molecule has 4 N–H and O–H groups in total. The van der Waals surface area contributed by atoms with Gasteiger partial charge in [-0.15, -0.1) is 5.10 Å². The normalized spacial score (nSPS) is 13.6. The fourth-order valence-electron chi connectivity index (χ4n) is 3.97. The van der Waals surface area contributed by atoms with Crippen LogP contribution in [0.5, 0.6) is 0 Å². The van der Waals surface area contributed by atoms with E-state index in [1.165, 1.54) is 12.1 Å². The summed E-state index contributed by atoms with van der Waals surface area (Å²) in [6, 6.07) is 11.9. The molecule has 1 amide bonds. The Labute approximate surface area is 218 Å². The molecule has 1 aliphatic rings. The molecule has 1 saturated carbocycles. The summed E-state index contributed by atoms with van der Waals surface area (Å²) in [6.07, 6.45) is 3.75. The SMILES string of the molecule is Cc1cc(-c2cnc3c(NCC(C)(C)O)cc(Nc4ccc(Cl)cc4F)nn23)ccc1C(=O)NC1CC1. The lowest BCUT2D eigenvalue weighted by Gasteiger charge is -2.19. The average molecular weight is 523 g/mol. The van der Waals surface area contributed by atoms with Gasteiger partial charge >= 0.3 is 0 Å². The minimum atomic E-state index is -0.973. The molecule has 5 rings (SSSR count). The van der Waals surface area contributed by atoms with Crippen LogP contribution in [0.1, 0.15) is 42.6 Å². The van der Waals surface area contributed by atoms with Crippen molar-refractivity contribution in [3.63, 3.8) is 0 Å². The van der Waals surface area contributed by atoms with Crippen molar-refractivity contribution in [1.29, 1.82) is 0 Å². The summed E-state index contributed by atoms with van der Waals surface area (Å²) >= 11 is 5.90. The first kappa shape index (κ1) is 25.0. The highest BCUT2D eigenvalue weighted by atomic mass is 35.5. The largest absolute Gasteiger partial charge is 0.389 e. The van der Waals surface area contributed by atoms with E-state index >= 15 is 0 Å². The van der Waals surface area contributed by atoms with Crippen LogP contribution in [0.3, 0.4) is 0 Å². The van der Waals surface area contributed by atoms with Crippen LogP contribution in [0.4, 0.5) is 21.6 Å². The van der Waals surface area contributed by atoms with E-state index in [1.54, 1.807) is 42.8 Å². The first-order valence-corrected chi connectivity index (χ1v) is 12.4. The number of imidazole rings is 1. The molecule has 0 atom stereocenters. The Morgan fingerprint density at radius 3 is 2.65 bits per heavy atom. The van der Waals surface area contributed by atoms with Crippen molar-refractivity contribution in [2.24, 2.45) is 0 Å². The molecule has 1 aliphatic carbocycles. The van der Waals surface area contributed by atoms with Crippen molar-refractivity contribution in [2.75, 3.05) is 17.2 Å². The third kappa shape index (κ3) is 5.68. The summed E-state index contributed by atoms with van der Waals surface area (Å²) in [5.74, 6) is -0.220. The molecule has 2 aromatic heterocycles. The van der Waals surface area contributed by atoms with Crippen LogP contribution in [-0.2, 0) is 0 Å². The van der Waals surface area contributed by atoms with Crippen LogP contribution in [0, 0.1) is 12.7 Å². The molecular weight excluding hydrogens is 495 g/mol. The quantitative estimate of drug-likeness (QED) is 0.250. The minimum Gasteiger partial charge on any atom is -0.389 e. The van der Waals surface area contributed by atoms with Crippen molar-refractivity contribution in [3.8, 4) is 11.3 Å². The Morgan fingerprint density at radius 1 is 1.19 bits per heavy atom. The zero-order valence-electron chi connectivity index (χ0n) is 20.8. The summed E-state index contributed by atoms with van der Waals surface area (Å²) < 4.78 is 16.1. The van der Waals surface area contributed by atoms with Crippen LogP contribution in [0.2, 0.25) is 5.02 Å². The standard InChI is InChI=1S/C27H28ClFN6O2/c1-15-10-16(4-8-19(15)26(36)32-18-6-7-18)23-13-30-25-22(31-14-27(2,3)37)12-24(34-35(23)25)33-21-9-5-17(28)11-20(21)29/h4-5,8-13,18,31,37H,6-7,14H2,1-3H3,(H,32,36)(H,33,34). The first-order valence-electron chi connectivity index (χ1n) is 12.1. The summed E-state index contributed by atoms with van der Waals surface area (Å²) in [5.41, 5.74) is 3.37. The van der Waals surface area contributed by atoms with Gasteiger partial charge in [0.15, 0.2) is 11.5 Å². The smallest absolute Gasteiger partial charge is 0.251 e. The fourth-order valence-corrected chi connectivity index (χ4v) is 4.12. The molecule has 0 unspecified atom stereocenters. The molecule has 4 aromatic rings. The van der Waals surface area contributed by atoms with Gasteiger partial charge in [0, 0.05) is 34.8 Å². The molecule has 2 aromatic carbocycles. The molecule has 10 heteroatoms. The number of rotatable bonds is 8. The number of carbonyl (C=O) groups is 1. The highest BCUT2D eigenvalue weighted by Crippen LogP contribution is 2.30. The molecule has 0 saturated heterocycles. The summed E-state index contributed by atoms with van der Waals surface area (Å²) in [5, 5.41) is 24.5. The molecule has 37 heavy (non-hydrogen) atoms. The Bertz CT molecular complexity index is 1490. The molecule has 0 radical (unpaired) electrons. The van der Waals surface area contributed by atoms with E-state index in [0.717, 1.165) is 24.0 Å². The highest BCUT2D eigenvalue weighted by Gasteiger charge is 2.25. The predicted octanol–water partition coefficient (Wildman–Crippen LogP) is 5.32. The predicted molar refractivity (Wildman–Crippen MR) is 143 cm³/mol. The summed E-state index contributed by atoms with van der Waals surface area (Å²) in [4.78, 5) is 17.1. The van der Waals surface area contributed by atoms with Crippen molar-refractivity contribution in [2.45, 2.75) is 45.3 Å². The number of aromatic nitrogens is 3. The summed E-state index contributed by atoms with van der Waals surface area (Å²) in [6.45, 7) is 5.55. The maximum absolute atomic E-state index is 14.5. The monoisotopic (exact) mass is 522 g/mol. The van der Waals surface area contributed by atoms with E-state index < -0.39 is 11.4 Å². The van der Waals surface area contributed by atoms with E-state index in [2.05, 4.69) is 26.0 Å². The lowest BCUT2D eigenvalue weighted by molar-refractivity contribution is 0.0940. The van der Waals surface area contributed by atoms with E-state index in [-0.39, 0.29) is 24.2 Å². The van der Waals surface area contributed by atoms with Gasteiger partial charge < -0.3 is 21.1 Å². The van der Waals surface area contributed by atoms with E-state index in [9.17, 15) is 14.3 Å². The number of nitrogens with zero attached hydrogens (tertiary/aromatic N) is 3. The molecular formula is C27H28ClFN6O2. The van der Waals surface area contributed by atoms with Gasteiger partial charge in [-0.1, -0.05) is 17.7 Å². The van der Waals surface area contributed by atoms with E-state index in [0.29, 0.717) is 33.4 Å². The fraction of sp³-hybridized carbons (Fsp3) is 0.296. The third-order valence-electron chi connectivity index (χ3n) is 6.05. The number of aliphatic hydroxyl groups is 1. The third-order valence-corrected chi connectivity index (χ3v) is 6.29. The van der Waals surface area contributed by atoms with Crippen LogP contribution in [0.25, 0.3) is 16.9 Å². The van der Waals surface area contributed by atoms with E-state index in [1.807, 2.05) is 19.1 Å². The zero-order chi connectivity index (χ0) is 26.3. The lowest BCUT2D eigenvalue weighted by atomic mass is 10.0. The van der Waals surface area contributed by atoms with Gasteiger partial charge in [-0.2, -0.15) is 0 Å². The first-order chi connectivity index (χ1) is 17.6. The molecule has 2 heterocycles. The molecule has 192 valence electrons. The van der Waals surface area contributed by atoms with Crippen molar-refractivity contribution < 1.29 is 14.3 Å². The van der Waals surface area contributed by atoms with E-state index in [4.69, 9.17) is 11.6 Å². The number of benzene rings is 2. The number of halogens is 2. The lowest BCUT2D eigenvalue weighted by Crippen LogP contribution is -2.29. The maximum Gasteiger partial charge on any atom is 0.251 e. The maximum atomic E-state index is 14.5. The Morgan fingerprint density at radius 2 is 1.97 bits per heavy atom. The second-order valence-corrected chi connectivity index (χ2v) is 10.5. The number of anilines is 3. The number of aryl methyl sites for hydroxylation is 1. The Hall–Kier alpha value is -3.69. The van der Waals surface area contributed by atoms with Crippen LogP contribution >= 0.6 is 11.6 Å². The Balaban J connectivity index is 1.54. The minimum absolute atomic E-state index is 0.0719. The molecule has 0 aliphatic heterocycles. The number of hydrogen-bond acceptors (Lipinski definition) is 6. The van der Waals surface area contributed by atoms with Gasteiger partial charge in [-0.3, -0.25) is 4.79 Å². The highest BCUT2D eigenvalue weighted by molar-refractivity contribution is 6.30. The van der Waals surface area contributed by atoms with Crippen LogP contribution < -0.4 is 16.0 Å². The molecule has 0 bridgehead atoms. The zero-order valence-corrected chi connectivity index (χ0v) is 21.5. The number of amides is 1. The average Bonchev–Trinajstić information content (AvgIpc) is 3.54. The number of carbonyl (C=O) groups excluding carboxylic acids is 1. The van der Waals surface area contributed by atoms with Gasteiger partial charge in [0.2, 0.25) is 0 Å². The topological polar surface area (TPSA) is 104 Å².